The molecule has 1 aromatic heterocycles. The summed E-state index contributed by atoms with van der Waals surface area (Å²) in [4.78, 5) is 14.1. The summed E-state index contributed by atoms with van der Waals surface area (Å²) in [5.41, 5.74) is 0.525. The van der Waals surface area contributed by atoms with Crippen molar-refractivity contribution in [3.63, 3.8) is 0 Å². The van der Waals surface area contributed by atoms with Gasteiger partial charge >= 0.3 is 0 Å². The molecule has 2 unspecified atom stereocenters. The molecule has 1 fully saturated rings. The van der Waals surface area contributed by atoms with Crippen LogP contribution in [0.4, 0.5) is 5.69 Å². The van der Waals surface area contributed by atoms with Crippen molar-refractivity contribution in [3.8, 4) is 0 Å². The highest BCUT2D eigenvalue weighted by Gasteiger charge is 2.28. The van der Waals surface area contributed by atoms with E-state index in [2.05, 4.69) is 29.2 Å². The van der Waals surface area contributed by atoms with Gasteiger partial charge < -0.3 is 10.2 Å². The highest BCUT2D eigenvalue weighted by Crippen LogP contribution is 2.26. The van der Waals surface area contributed by atoms with Crippen molar-refractivity contribution >= 4 is 17.3 Å². The Hall–Kier alpha value is -1.07. The minimum atomic E-state index is -0.236. The Bertz CT molecular complexity index is 502. The van der Waals surface area contributed by atoms with Crippen LogP contribution in [0.2, 0.25) is 5.02 Å². The lowest BCUT2D eigenvalue weighted by Gasteiger charge is -2.41. The number of aromatic nitrogens is 2. The number of nitrogens with zero attached hydrogens (tertiary/aromatic N) is 3. The highest BCUT2D eigenvalue weighted by molar-refractivity contribution is 6.33. The van der Waals surface area contributed by atoms with Crippen LogP contribution in [-0.4, -0.2) is 35.0 Å². The summed E-state index contributed by atoms with van der Waals surface area (Å²) in [5.74, 6) is 0. The van der Waals surface area contributed by atoms with Crippen molar-refractivity contribution in [1.29, 1.82) is 0 Å². The monoisotopic (exact) mass is 284 g/mol. The molecule has 0 aromatic carbocycles. The third-order valence-corrected chi connectivity index (χ3v) is 4.19. The normalized spacial score (nSPS) is 23.7. The lowest BCUT2D eigenvalue weighted by molar-refractivity contribution is 0.378. The molecule has 0 saturated carbocycles. The summed E-state index contributed by atoms with van der Waals surface area (Å²) >= 11 is 6.21. The fraction of sp³-hybridized carbons (Fsp3) is 0.692. The molecule has 1 saturated heterocycles. The van der Waals surface area contributed by atoms with Gasteiger partial charge in [0.25, 0.3) is 5.56 Å². The summed E-state index contributed by atoms with van der Waals surface area (Å²) in [6.07, 6.45) is 3.77. The van der Waals surface area contributed by atoms with E-state index in [4.69, 9.17) is 11.6 Å². The van der Waals surface area contributed by atoms with Crippen LogP contribution in [0.25, 0.3) is 0 Å². The van der Waals surface area contributed by atoms with Crippen molar-refractivity contribution in [1.82, 2.24) is 15.1 Å². The van der Waals surface area contributed by atoms with Gasteiger partial charge in [-0.2, -0.15) is 5.10 Å². The number of nitrogens with one attached hydrogen (secondary N) is 1. The molecule has 0 radical (unpaired) electrons. The van der Waals surface area contributed by atoms with E-state index in [1.165, 1.54) is 4.68 Å². The van der Waals surface area contributed by atoms with Crippen LogP contribution in [0.3, 0.4) is 0 Å². The summed E-state index contributed by atoms with van der Waals surface area (Å²) in [6, 6.07) is 0.789. The van der Waals surface area contributed by atoms with Crippen molar-refractivity contribution < 1.29 is 0 Å². The number of anilines is 1. The van der Waals surface area contributed by atoms with Gasteiger partial charge in [-0.15, -0.1) is 0 Å². The number of piperazine rings is 1. The number of halogens is 1. The molecule has 2 heterocycles. The standard InChI is InChI=1S/C13H21ClN4O/c1-4-9-8-18(10(5-2)6-15-9)11-7-16-17(3)13(19)12(11)14/h7,9-10,15H,4-6,8H2,1-3H3. The molecule has 2 rings (SSSR count). The molecule has 1 aliphatic rings. The van der Waals surface area contributed by atoms with Crippen molar-refractivity contribution in [2.24, 2.45) is 7.05 Å². The molecule has 19 heavy (non-hydrogen) atoms. The lowest BCUT2D eigenvalue weighted by Crippen LogP contribution is -2.56. The minimum Gasteiger partial charge on any atom is -0.363 e. The maximum atomic E-state index is 11.9. The molecule has 0 bridgehead atoms. The molecular weight excluding hydrogens is 264 g/mol. The fourth-order valence-electron chi connectivity index (χ4n) is 2.50. The molecular formula is C13H21ClN4O. The molecule has 0 spiro atoms. The summed E-state index contributed by atoms with van der Waals surface area (Å²) in [7, 11) is 1.61. The Morgan fingerprint density at radius 1 is 1.47 bits per heavy atom. The largest absolute Gasteiger partial charge is 0.363 e. The Morgan fingerprint density at radius 3 is 2.84 bits per heavy atom. The molecule has 106 valence electrons. The van der Waals surface area contributed by atoms with Crippen LogP contribution in [0, 0.1) is 0 Å². The maximum Gasteiger partial charge on any atom is 0.287 e. The van der Waals surface area contributed by atoms with E-state index in [1.807, 2.05) is 0 Å². The minimum absolute atomic E-state index is 0.236. The lowest BCUT2D eigenvalue weighted by atomic mass is 10.0. The number of hydrogen-bond donors (Lipinski definition) is 1. The average molecular weight is 285 g/mol. The van der Waals surface area contributed by atoms with Gasteiger partial charge in [0, 0.05) is 32.2 Å². The fourth-order valence-corrected chi connectivity index (χ4v) is 2.78. The molecule has 1 aromatic rings. The first-order valence-electron chi connectivity index (χ1n) is 6.80. The van der Waals surface area contributed by atoms with E-state index in [-0.39, 0.29) is 10.6 Å². The van der Waals surface area contributed by atoms with Gasteiger partial charge in [0.2, 0.25) is 0 Å². The smallest absolute Gasteiger partial charge is 0.287 e. The van der Waals surface area contributed by atoms with Crippen LogP contribution in [-0.2, 0) is 7.05 Å². The van der Waals surface area contributed by atoms with E-state index in [9.17, 15) is 4.79 Å². The Labute approximate surface area is 118 Å². The van der Waals surface area contributed by atoms with Gasteiger partial charge in [-0.05, 0) is 12.8 Å². The van der Waals surface area contributed by atoms with Crippen LogP contribution >= 0.6 is 11.6 Å². The zero-order valence-electron chi connectivity index (χ0n) is 11.7. The topological polar surface area (TPSA) is 50.2 Å². The molecule has 0 amide bonds. The molecule has 1 N–H and O–H groups in total. The van der Waals surface area contributed by atoms with E-state index >= 15 is 0 Å². The zero-order chi connectivity index (χ0) is 14.0. The maximum absolute atomic E-state index is 11.9. The predicted octanol–water partition coefficient (Wildman–Crippen LogP) is 1.40. The predicted molar refractivity (Wildman–Crippen MR) is 78.0 cm³/mol. The zero-order valence-corrected chi connectivity index (χ0v) is 12.4. The van der Waals surface area contributed by atoms with Crippen molar-refractivity contribution in [2.75, 3.05) is 18.0 Å². The van der Waals surface area contributed by atoms with Crippen LogP contribution in [0.1, 0.15) is 26.7 Å². The first kappa shape index (κ1) is 14.3. The van der Waals surface area contributed by atoms with Gasteiger partial charge in [0.05, 0.1) is 11.9 Å². The quantitative estimate of drug-likeness (QED) is 0.912. The van der Waals surface area contributed by atoms with E-state index < -0.39 is 0 Å². The number of aryl methyl sites for hydroxylation is 1. The summed E-state index contributed by atoms with van der Waals surface area (Å²) in [5, 5.41) is 7.89. The summed E-state index contributed by atoms with van der Waals surface area (Å²) < 4.78 is 1.27. The second-order valence-corrected chi connectivity index (χ2v) is 5.38. The van der Waals surface area contributed by atoms with E-state index in [1.54, 1.807) is 13.2 Å². The van der Waals surface area contributed by atoms with Crippen molar-refractivity contribution in [2.45, 2.75) is 38.8 Å². The first-order chi connectivity index (χ1) is 9.08. The van der Waals surface area contributed by atoms with Gasteiger partial charge in [0.1, 0.15) is 5.02 Å². The van der Waals surface area contributed by atoms with Gasteiger partial charge in [0.15, 0.2) is 0 Å². The second-order valence-electron chi connectivity index (χ2n) is 5.00. The second kappa shape index (κ2) is 5.92. The first-order valence-corrected chi connectivity index (χ1v) is 7.18. The molecule has 1 aliphatic heterocycles. The highest BCUT2D eigenvalue weighted by atomic mass is 35.5. The molecule has 6 heteroatoms. The van der Waals surface area contributed by atoms with Crippen LogP contribution in [0.5, 0.6) is 0 Å². The van der Waals surface area contributed by atoms with Crippen LogP contribution in [0.15, 0.2) is 11.0 Å². The molecule has 5 nitrogen and oxygen atoms in total. The Balaban J connectivity index is 2.37. The van der Waals surface area contributed by atoms with Gasteiger partial charge in [-0.3, -0.25) is 4.79 Å². The Kier molecular flexibility index (Phi) is 4.47. The molecule has 0 aliphatic carbocycles. The van der Waals surface area contributed by atoms with E-state index in [0.29, 0.717) is 12.1 Å². The third-order valence-electron chi connectivity index (χ3n) is 3.83. The van der Waals surface area contributed by atoms with Crippen LogP contribution < -0.4 is 15.8 Å². The Morgan fingerprint density at radius 2 is 2.21 bits per heavy atom. The SMILES string of the molecule is CCC1CN(c2cnn(C)c(=O)c2Cl)C(CC)CN1. The number of hydrogen-bond acceptors (Lipinski definition) is 4. The van der Waals surface area contributed by atoms with Gasteiger partial charge in [-0.1, -0.05) is 25.4 Å². The van der Waals surface area contributed by atoms with Gasteiger partial charge in [-0.25, -0.2) is 4.68 Å². The molecule has 2 atom stereocenters. The van der Waals surface area contributed by atoms with E-state index in [0.717, 1.165) is 31.6 Å². The van der Waals surface area contributed by atoms with Crippen molar-refractivity contribution in [3.05, 3.63) is 21.6 Å². The average Bonchev–Trinajstić information content (AvgIpc) is 2.44. The third kappa shape index (κ3) is 2.77. The number of rotatable bonds is 3. The summed E-state index contributed by atoms with van der Waals surface area (Å²) in [6.45, 7) is 6.09.